The smallest absolute Gasteiger partial charge is 0.0589 e. The first-order valence-corrected chi connectivity index (χ1v) is 5.70. The molecule has 0 radical (unpaired) electrons. The SMILES string of the molecule is C=C(CCl)CN(CCCOC)CCOC. The van der Waals surface area contributed by atoms with Crippen LogP contribution in [0.4, 0.5) is 0 Å². The minimum absolute atomic E-state index is 0.522. The highest BCUT2D eigenvalue weighted by Gasteiger charge is 2.05. The van der Waals surface area contributed by atoms with E-state index in [-0.39, 0.29) is 0 Å². The molecule has 0 aliphatic rings. The highest BCUT2D eigenvalue weighted by atomic mass is 35.5. The molecule has 0 aromatic rings. The molecule has 3 nitrogen and oxygen atoms in total. The van der Waals surface area contributed by atoms with Crippen LogP contribution in [0.3, 0.4) is 0 Å². The average Bonchev–Trinajstić information content (AvgIpc) is 2.25. The van der Waals surface area contributed by atoms with Crippen LogP contribution in [0.1, 0.15) is 6.42 Å². The third kappa shape index (κ3) is 8.88. The first-order valence-electron chi connectivity index (χ1n) is 5.17. The van der Waals surface area contributed by atoms with Crippen LogP contribution in [0.15, 0.2) is 12.2 Å². The van der Waals surface area contributed by atoms with Gasteiger partial charge in [0.2, 0.25) is 0 Å². The fourth-order valence-corrected chi connectivity index (χ4v) is 1.37. The molecule has 0 atom stereocenters. The summed E-state index contributed by atoms with van der Waals surface area (Å²) in [4.78, 5) is 2.28. The van der Waals surface area contributed by atoms with Crippen LogP contribution in [0.25, 0.3) is 0 Å². The van der Waals surface area contributed by atoms with Gasteiger partial charge in [-0.25, -0.2) is 0 Å². The van der Waals surface area contributed by atoms with E-state index >= 15 is 0 Å². The molecule has 0 unspecified atom stereocenters. The van der Waals surface area contributed by atoms with E-state index in [1.807, 2.05) is 0 Å². The lowest BCUT2D eigenvalue weighted by molar-refractivity contribution is 0.138. The standard InChI is InChI=1S/C11H22ClNO2/c1-11(9-12)10-13(6-8-15-3)5-4-7-14-2/h1,4-10H2,2-3H3. The molecule has 0 N–H and O–H groups in total. The van der Waals surface area contributed by atoms with Gasteiger partial charge in [-0.2, -0.15) is 0 Å². The summed E-state index contributed by atoms with van der Waals surface area (Å²) in [7, 11) is 3.43. The molecule has 0 fully saturated rings. The number of nitrogens with zero attached hydrogens (tertiary/aromatic N) is 1. The van der Waals surface area contributed by atoms with Crippen molar-refractivity contribution in [3.8, 4) is 0 Å². The number of alkyl halides is 1. The molecule has 0 aliphatic carbocycles. The number of rotatable bonds is 10. The zero-order chi connectivity index (χ0) is 11.5. The Labute approximate surface area is 98.0 Å². The lowest BCUT2D eigenvalue weighted by Gasteiger charge is -2.22. The third-order valence-electron chi connectivity index (χ3n) is 2.07. The number of hydrogen-bond donors (Lipinski definition) is 0. The monoisotopic (exact) mass is 235 g/mol. The van der Waals surface area contributed by atoms with Crippen molar-refractivity contribution in [1.82, 2.24) is 4.90 Å². The second-order valence-corrected chi connectivity index (χ2v) is 3.77. The largest absolute Gasteiger partial charge is 0.385 e. The molecule has 0 heterocycles. The summed E-state index contributed by atoms with van der Waals surface area (Å²) in [6.07, 6.45) is 1.02. The minimum atomic E-state index is 0.522. The lowest BCUT2D eigenvalue weighted by atomic mass is 10.3. The molecule has 0 aliphatic heterocycles. The van der Waals surface area contributed by atoms with Gasteiger partial charge in [0.05, 0.1) is 6.61 Å². The number of ether oxygens (including phenoxy) is 2. The van der Waals surface area contributed by atoms with E-state index in [9.17, 15) is 0 Å². The molecule has 0 rings (SSSR count). The molecule has 0 amide bonds. The predicted octanol–water partition coefficient (Wildman–Crippen LogP) is 1.77. The van der Waals surface area contributed by atoms with Crippen molar-refractivity contribution < 1.29 is 9.47 Å². The van der Waals surface area contributed by atoms with E-state index in [0.717, 1.165) is 44.8 Å². The molecule has 0 bridgehead atoms. The summed E-state index contributed by atoms with van der Waals surface area (Å²) in [5.74, 6) is 0.522. The first kappa shape index (κ1) is 14.9. The fourth-order valence-electron chi connectivity index (χ4n) is 1.28. The van der Waals surface area contributed by atoms with Crippen molar-refractivity contribution >= 4 is 11.6 Å². The van der Waals surface area contributed by atoms with E-state index < -0.39 is 0 Å². The number of hydrogen-bond acceptors (Lipinski definition) is 3. The van der Waals surface area contributed by atoms with E-state index in [0.29, 0.717) is 5.88 Å². The van der Waals surface area contributed by atoms with Crippen LogP contribution in [0, 0.1) is 0 Å². The molecular weight excluding hydrogens is 214 g/mol. The summed E-state index contributed by atoms with van der Waals surface area (Å²) < 4.78 is 10.1. The van der Waals surface area contributed by atoms with Crippen molar-refractivity contribution in [2.24, 2.45) is 0 Å². The van der Waals surface area contributed by atoms with Gasteiger partial charge in [0.1, 0.15) is 0 Å². The third-order valence-corrected chi connectivity index (χ3v) is 2.45. The maximum Gasteiger partial charge on any atom is 0.0589 e. The van der Waals surface area contributed by atoms with Crippen LogP contribution >= 0.6 is 11.6 Å². The summed E-state index contributed by atoms with van der Waals surface area (Å²) in [6.45, 7) is 8.18. The Morgan fingerprint density at radius 3 is 2.40 bits per heavy atom. The van der Waals surface area contributed by atoms with Gasteiger partial charge < -0.3 is 9.47 Å². The summed E-state index contributed by atoms with van der Waals surface area (Å²) >= 11 is 5.71. The van der Waals surface area contributed by atoms with Crippen LogP contribution < -0.4 is 0 Å². The Morgan fingerprint density at radius 2 is 1.87 bits per heavy atom. The van der Waals surface area contributed by atoms with Gasteiger partial charge in [-0.15, -0.1) is 11.6 Å². The maximum absolute atomic E-state index is 5.71. The summed E-state index contributed by atoms with van der Waals surface area (Å²) in [5, 5.41) is 0. The Balaban J connectivity index is 3.77. The Hall–Kier alpha value is -0.0900. The summed E-state index contributed by atoms with van der Waals surface area (Å²) in [5.41, 5.74) is 1.05. The maximum atomic E-state index is 5.71. The Kier molecular flexibility index (Phi) is 10.4. The van der Waals surface area contributed by atoms with Gasteiger partial charge in [0, 0.05) is 46.3 Å². The van der Waals surface area contributed by atoms with Crippen molar-refractivity contribution in [3.05, 3.63) is 12.2 Å². The molecule has 90 valence electrons. The topological polar surface area (TPSA) is 21.7 Å². The molecule has 15 heavy (non-hydrogen) atoms. The van der Waals surface area contributed by atoms with Crippen LogP contribution in [0.5, 0.6) is 0 Å². The Bertz CT molecular complexity index is 165. The van der Waals surface area contributed by atoms with E-state index in [1.54, 1.807) is 14.2 Å². The molecule has 0 saturated carbocycles. The van der Waals surface area contributed by atoms with E-state index in [1.165, 1.54) is 0 Å². The predicted molar refractivity (Wildman–Crippen MR) is 64.7 cm³/mol. The first-order chi connectivity index (χ1) is 7.24. The van der Waals surface area contributed by atoms with Gasteiger partial charge in [-0.3, -0.25) is 4.90 Å². The average molecular weight is 236 g/mol. The zero-order valence-corrected chi connectivity index (χ0v) is 10.6. The van der Waals surface area contributed by atoms with Gasteiger partial charge in [-0.05, 0) is 12.0 Å². The number of halogens is 1. The van der Waals surface area contributed by atoms with Crippen molar-refractivity contribution in [2.45, 2.75) is 6.42 Å². The van der Waals surface area contributed by atoms with E-state index in [2.05, 4.69) is 11.5 Å². The normalized spacial score (nSPS) is 10.9. The van der Waals surface area contributed by atoms with Gasteiger partial charge >= 0.3 is 0 Å². The second-order valence-electron chi connectivity index (χ2n) is 3.50. The highest BCUT2D eigenvalue weighted by molar-refractivity contribution is 6.19. The van der Waals surface area contributed by atoms with Crippen molar-refractivity contribution in [2.75, 3.05) is 52.9 Å². The zero-order valence-electron chi connectivity index (χ0n) is 9.80. The van der Waals surface area contributed by atoms with Crippen molar-refractivity contribution in [3.63, 3.8) is 0 Å². The quantitative estimate of drug-likeness (QED) is 0.327. The molecule has 4 heteroatoms. The Morgan fingerprint density at radius 1 is 1.20 bits per heavy atom. The highest BCUT2D eigenvalue weighted by Crippen LogP contribution is 2.00. The molecule has 0 aromatic carbocycles. The van der Waals surface area contributed by atoms with E-state index in [4.69, 9.17) is 21.1 Å². The minimum Gasteiger partial charge on any atom is -0.385 e. The molecule has 0 spiro atoms. The molecule has 0 aromatic heterocycles. The fraction of sp³-hybridized carbons (Fsp3) is 0.818. The second kappa shape index (κ2) is 10.4. The number of methoxy groups -OCH3 is 2. The van der Waals surface area contributed by atoms with Gasteiger partial charge in [-0.1, -0.05) is 6.58 Å². The molecule has 0 saturated heterocycles. The molecular formula is C11H22ClNO2. The van der Waals surface area contributed by atoms with Crippen LogP contribution in [-0.4, -0.2) is 57.8 Å². The van der Waals surface area contributed by atoms with Crippen LogP contribution in [0.2, 0.25) is 0 Å². The van der Waals surface area contributed by atoms with Crippen molar-refractivity contribution in [1.29, 1.82) is 0 Å². The lowest BCUT2D eigenvalue weighted by Crippen LogP contribution is -2.31. The van der Waals surface area contributed by atoms with Gasteiger partial charge in [0.25, 0.3) is 0 Å². The van der Waals surface area contributed by atoms with Crippen LogP contribution in [-0.2, 0) is 9.47 Å². The van der Waals surface area contributed by atoms with Gasteiger partial charge in [0.15, 0.2) is 0 Å². The summed E-state index contributed by atoms with van der Waals surface area (Å²) in [6, 6.07) is 0.